The molecule has 2 nitrogen and oxygen atoms in total. The maximum absolute atomic E-state index is 10.7. The van der Waals surface area contributed by atoms with Gasteiger partial charge in [0.2, 0.25) is 0 Å². The molecule has 0 aliphatic heterocycles. The van der Waals surface area contributed by atoms with E-state index in [4.69, 9.17) is 4.74 Å². The molecule has 58 valence electrons. The Morgan fingerprint density at radius 3 is 2.60 bits per heavy atom. The second-order valence-corrected chi connectivity index (χ2v) is 2.28. The minimum atomic E-state index is -0.172. The molecule has 10 heavy (non-hydrogen) atoms. The van der Waals surface area contributed by atoms with E-state index in [1.54, 1.807) is 6.92 Å². The summed E-state index contributed by atoms with van der Waals surface area (Å²) >= 11 is 0. The van der Waals surface area contributed by atoms with Crippen molar-refractivity contribution in [1.82, 2.24) is 0 Å². The van der Waals surface area contributed by atoms with E-state index in [1.807, 2.05) is 6.92 Å². The molecule has 0 aromatic heterocycles. The second-order valence-electron chi connectivity index (χ2n) is 2.28. The van der Waals surface area contributed by atoms with Gasteiger partial charge in [0.15, 0.2) is 0 Å². The number of unbranched alkanes of at least 4 members (excludes halogenated alkanes) is 1. The lowest BCUT2D eigenvalue weighted by molar-refractivity contribution is -0.139. The van der Waals surface area contributed by atoms with Gasteiger partial charge in [0.25, 0.3) is 0 Å². The van der Waals surface area contributed by atoms with E-state index in [2.05, 4.69) is 6.58 Å². The van der Waals surface area contributed by atoms with Gasteiger partial charge >= 0.3 is 5.97 Å². The van der Waals surface area contributed by atoms with Crippen LogP contribution in [0.15, 0.2) is 12.3 Å². The largest absolute Gasteiger partial charge is 0.432 e. The third-order valence-electron chi connectivity index (χ3n) is 1.02. The number of hydrogen-bond donors (Lipinski definition) is 0. The Hall–Kier alpha value is -0.790. The number of hydrogen-bond acceptors (Lipinski definition) is 2. The summed E-state index contributed by atoms with van der Waals surface area (Å²) in [6.45, 7) is 7.17. The van der Waals surface area contributed by atoms with Crippen molar-refractivity contribution in [3.05, 3.63) is 12.3 Å². The first-order valence-corrected chi connectivity index (χ1v) is 3.53. The topological polar surface area (TPSA) is 26.3 Å². The van der Waals surface area contributed by atoms with Gasteiger partial charge in [-0.3, -0.25) is 4.79 Å². The van der Waals surface area contributed by atoms with Gasteiger partial charge in [-0.1, -0.05) is 19.9 Å². The lowest BCUT2D eigenvalue weighted by atomic mass is 10.2. The molecule has 0 radical (unpaired) electrons. The van der Waals surface area contributed by atoms with Gasteiger partial charge in [-0.05, 0) is 13.3 Å². The van der Waals surface area contributed by atoms with Crippen LogP contribution in [0.3, 0.4) is 0 Å². The summed E-state index contributed by atoms with van der Waals surface area (Å²) in [6, 6.07) is 0. The van der Waals surface area contributed by atoms with Crippen molar-refractivity contribution in [1.29, 1.82) is 0 Å². The molecule has 0 aliphatic carbocycles. The van der Waals surface area contributed by atoms with Gasteiger partial charge < -0.3 is 4.74 Å². The van der Waals surface area contributed by atoms with Crippen LogP contribution in [-0.4, -0.2) is 5.97 Å². The highest BCUT2D eigenvalue weighted by atomic mass is 16.5. The number of carbonyl (C=O) groups excluding carboxylic acids is 1. The highest BCUT2D eigenvalue weighted by Crippen LogP contribution is 1.99. The van der Waals surface area contributed by atoms with E-state index in [1.165, 1.54) is 0 Å². The van der Waals surface area contributed by atoms with Crippen molar-refractivity contribution in [2.45, 2.75) is 33.1 Å². The van der Waals surface area contributed by atoms with Gasteiger partial charge in [0.05, 0.1) is 5.76 Å². The average Bonchev–Trinajstić information content (AvgIpc) is 1.82. The Morgan fingerprint density at radius 2 is 2.20 bits per heavy atom. The van der Waals surface area contributed by atoms with E-state index in [9.17, 15) is 4.79 Å². The molecule has 2 heteroatoms. The fourth-order valence-corrected chi connectivity index (χ4v) is 0.566. The van der Waals surface area contributed by atoms with Crippen LogP contribution in [0, 0.1) is 0 Å². The zero-order valence-electron chi connectivity index (χ0n) is 6.64. The van der Waals surface area contributed by atoms with E-state index >= 15 is 0 Å². The normalized spacial score (nSPS) is 9.00. The first-order valence-electron chi connectivity index (χ1n) is 3.53. The highest BCUT2D eigenvalue weighted by Gasteiger charge is 2.00. The van der Waals surface area contributed by atoms with Gasteiger partial charge in [-0.25, -0.2) is 0 Å². The monoisotopic (exact) mass is 142 g/mol. The molecule has 0 aliphatic rings. The summed E-state index contributed by atoms with van der Waals surface area (Å²) in [5.74, 6) is 0.301. The Bertz CT molecular complexity index is 127. The number of carbonyl (C=O) groups is 1. The number of esters is 1. The number of allylic oxidation sites excluding steroid dienone is 1. The molecule has 0 heterocycles. The Balaban J connectivity index is 3.35. The fraction of sp³-hybridized carbons (Fsp3) is 0.625. The standard InChI is InChI=1S/C8H14O2/c1-4-5-6-8(9)10-7(2)3/h2,4-6H2,1,3H3. The van der Waals surface area contributed by atoms with Crippen LogP contribution >= 0.6 is 0 Å². The van der Waals surface area contributed by atoms with Crippen molar-refractivity contribution in [2.24, 2.45) is 0 Å². The Morgan fingerprint density at radius 1 is 1.60 bits per heavy atom. The third kappa shape index (κ3) is 5.35. The Kier molecular flexibility index (Phi) is 4.63. The SMILES string of the molecule is C=C(C)OC(=O)CCCC. The molecule has 0 fully saturated rings. The molecular formula is C8H14O2. The lowest BCUT2D eigenvalue weighted by Gasteiger charge is -2.00. The molecule has 0 aromatic rings. The van der Waals surface area contributed by atoms with Gasteiger partial charge in [0, 0.05) is 6.42 Å². The van der Waals surface area contributed by atoms with Crippen LogP contribution < -0.4 is 0 Å². The van der Waals surface area contributed by atoms with Crippen LogP contribution in [0.1, 0.15) is 33.1 Å². The summed E-state index contributed by atoms with van der Waals surface area (Å²) in [5, 5.41) is 0. The summed E-state index contributed by atoms with van der Waals surface area (Å²) in [5.41, 5.74) is 0. The zero-order valence-corrected chi connectivity index (χ0v) is 6.64. The molecule has 0 atom stereocenters. The van der Waals surface area contributed by atoms with Crippen LogP contribution in [0.25, 0.3) is 0 Å². The molecule has 0 saturated heterocycles. The smallest absolute Gasteiger partial charge is 0.310 e. The van der Waals surface area contributed by atoms with Crippen LogP contribution in [0.2, 0.25) is 0 Å². The summed E-state index contributed by atoms with van der Waals surface area (Å²) < 4.78 is 4.72. The maximum atomic E-state index is 10.7. The summed E-state index contributed by atoms with van der Waals surface area (Å²) in [6.07, 6.45) is 2.42. The minimum absolute atomic E-state index is 0.172. The average molecular weight is 142 g/mol. The predicted molar refractivity (Wildman–Crippen MR) is 40.4 cm³/mol. The Labute approximate surface area is 61.9 Å². The number of rotatable bonds is 4. The van der Waals surface area contributed by atoms with Crippen molar-refractivity contribution in [2.75, 3.05) is 0 Å². The molecule has 0 saturated carbocycles. The van der Waals surface area contributed by atoms with Gasteiger partial charge in [-0.2, -0.15) is 0 Å². The molecule has 0 unspecified atom stereocenters. The maximum Gasteiger partial charge on any atom is 0.310 e. The van der Waals surface area contributed by atoms with Crippen molar-refractivity contribution in [3.63, 3.8) is 0 Å². The van der Waals surface area contributed by atoms with E-state index < -0.39 is 0 Å². The second kappa shape index (κ2) is 5.03. The molecule has 0 bridgehead atoms. The zero-order chi connectivity index (χ0) is 7.98. The fourth-order valence-electron chi connectivity index (χ4n) is 0.566. The molecular weight excluding hydrogens is 128 g/mol. The molecule has 0 rings (SSSR count). The van der Waals surface area contributed by atoms with Crippen LogP contribution in [0.5, 0.6) is 0 Å². The lowest BCUT2D eigenvalue weighted by Crippen LogP contribution is -2.01. The van der Waals surface area contributed by atoms with Crippen molar-refractivity contribution < 1.29 is 9.53 Å². The minimum Gasteiger partial charge on any atom is -0.432 e. The van der Waals surface area contributed by atoms with E-state index in [0.717, 1.165) is 12.8 Å². The van der Waals surface area contributed by atoms with Gasteiger partial charge in [-0.15, -0.1) is 0 Å². The molecule has 0 aromatic carbocycles. The van der Waals surface area contributed by atoms with Crippen LogP contribution in [-0.2, 0) is 9.53 Å². The first-order chi connectivity index (χ1) is 4.66. The van der Waals surface area contributed by atoms with Crippen molar-refractivity contribution in [3.8, 4) is 0 Å². The first kappa shape index (κ1) is 9.21. The van der Waals surface area contributed by atoms with E-state index in [-0.39, 0.29) is 5.97 Å². The van der Waals surface area contributed by atoms with Crippen LogP contribution in [0.4, 0.5) is 0 Å². The predicted octanol–water partition coefficient (Wildman–Crippen LogP) is 2.25. The molecule has 0 N–H and O–H groups in total. The quantitative estimate of drug-likeness (QED) is 0.444. The molecule has 0 amide bonds. The summed E-state index contributed by atoms with van der Waals surface area (Å²) in [4.78, 5) is 10.7. The number of ether oxygens (including phenoxy) is 1. The molecule has 0 spiro atoms. The summed E-state index contributed by atoms with van der Waals surface area (Å²) in [7, 11) is 0. The van der Waals surface area contributed by atoms with E-state index in [0.29, 0.717) is 12.2 Å². The van der Waals surface area contributed by atoms with Gasteiger partial charge in [0.1, 0.15) is 0 Å². The highest BCUT2D eigenvalue weighted by molar-refractivity contribution is 5.70. The third-order valence-corrected chi connectivity index (χ3v) is 1.02. The van der Waals surface area contributed by atoms with Crippen molar-refractivity contribution >= 4 is 5.97 Å².